The molecule has 0 rings (SSSR count). The van der Waals surface area contributed by atoms with E-state index in [-0.39, 0.29) is 31.1 Å². The predicted molar refractivity (Wildman–Crippen MR) is 265 cm³/mol. The molecule has 0 bridgehead atoms. The Morgan fingerprint density at radius 3 is 1.03 bits per heavy atom. The molecule has 0 aromatic carbocycles. The molecule has 0 spiro atoms. The number of rotatable bonds is 48. The summed E-state index contributed by atoms with van der Waals surface area (Å²) in [6.07, 6.45) is 60.9. The molecule has 0 aromatic rings. The topological polar surface area (TPSA) is 78.9 Å². The van der Waals surface area contributed by atoms with E-state index in [0.717, 1.165) is 83.5 Å². The number of carbonyl (C=O) groups is 3. The van der Waals surface area contributed by atoms with Crippen molar-refractivity contribution in [2.75, 3.05) is 13.2 Å². The number of esters is 3. The molecule has 0 aliphatic rings. The molecular weight excluding hydrogens is 769 g/mol. The van der Waals surface area contributed by atoms with E-state index >= 15 is 0 Å². The molecule has 0 aromatic heterocycles. The molecule has 1 unspecified atom stereocenters. The molecule has 0 N–H and O–H groups in total. The van der Waals surface area contributed by atoms with Gasteiger partial charge >= 0.3 is 17.9 Å². The number of hydrogen-bond acceptors (Lipinski definition) is 6. The molecular formula is C56H100O6. The van der Waals surface area contributed by atoms with Gasteiger partial charge in [-0.1, -0.05) is 236 Å². The molecule has 0 radical (unpaired) electrons. The Kier molecular flexibility index (Phi) is 48.8. The van der Waals surface area contributed by atoms with Crippen LogP contribution in [-0.2, 0) is 28.6 Å². The summed E-state index contributed by atoms with van der Waals surface area (Å²) in [4.78, 5) is 38.0. The van der Waals surface area contributed by atoms with Crippen LogP contribution in [0.5, 0.6) is 0 Å². The standard InChI is InChI=1S/C56H100O6/c1-4-7-10-13-16-19-22-25-28-31-34-37-40-43-46-49-55(58)61-52-53(51-60-54(57)48-45-42-39-36-33-30-27-24-21-18-15-12-9-6-3)62-56(59)50-47-44-41-38-35-32-29-26-23-20-17-14-11-8-5-2/h7,10,13,16,19,22,30,33,53H,4-6,8-9,11-12,14-15,17-18,20-21,23-29,31-32,34-52H2,1-3H3/b10-7-,16-13-,22-19-,33-30-. The van der Waals surface area contributed by atoms with Gasteiger partial charge in [0, 0.05) is 19.3 Å². The first-order chi connectivity index (χ1) is 30.5. The van der Waals surface area contributed by atoms with Gasteiger partial charge in [0.2, 0.25) is 0 Å². The summed E-state index contributed by atoms with van der Waals surface area (Å²) >= 11 is 0. The van der Waals surface area contributed by atoms with E-state index in [1.54, 1.807) is 0 Å². The van der Waals surface area contributed by atoms with Gasteiger partial charge in [-0.25, -0.2) is 0 Å². The highest BCUT2D eigenvalue weighted by Crippen LogP contribution is 2.16. The van der Waals surface area contributed by atoms with Gasteiger partial charge in [0.25, 0.3) is 0 Å². The average molecular weight is 869 g/mol. The molecule has 6 nitrogen and oxygen atoms in total. The quantitative estimate of drug-likeness (QED) is 0.0199. The van der Waals surface area contributed by atoms with Crippen molar-refractivity contribution in [1.29, 1.82) is 0 Å². The molecule has 0 saturated heterocycles. The Balaban J connectivity index is 4.39. The van der Waals surface area contributed by atoms with Crippen molar-refractivity contribution in [2.24, 2.45) is 0 Å². The highest BCUT2D eigenvalue weighted by atomic mass is 16.6. The van der Waals surface area contributed by atoms with Crippen molar-refractivity contribution in [2.45, 2.75) is 277 Å². The molecule has 0 heterocycles. The van der Waals surface area contributed by atoms with Crippen LogP contribution in [0.3, 0.4) is 0 Å². The fourth-order valence-electron chi connectivity index (χ4n) is 7.61. The SMILES string of the molecule is CC\C=C/C=C\C=C/CCCCCCCCCC(=O)OCC(COC(=O)CCCCC/C=C\CCCCCCCCC)OC(=O)CCCCCCCCCCCCCCCCC. The van der Waals surface area contributed by atoms with Gasteiger partial charge in [-0.05, 0) is 64.2 Å². The average Bonchev–Trinajstić information content (AvgIpc) is 3.27. The van der Waals surface area contributed by atoms with E-state index in [2.05, 4.69) is 69.4 Å². The van der Waals surface area contributed by atoms with Crippen LogP contribution in [0, 0.1) is 0 Å². The monoisotopic (exact) mass is 869 g/mol. The van der Waals surface area contributed by atoms with Crippen LogP contribution in [0.4, 0.5) is 0 Å². The highest BCUT2D eigenvalue weighted by molar-refractivity contribution is 5.71. The zero-order valence-electron chi connectivity index (χ0n) is 41.1. The molecule has 0 aliphatic carbocycles. The fraction of sp³-hybridized carbons (Fsp3) is 0.804. The Morgan fingerprint density at radius 2 is 0.645 bits per heavy atom. The predicted octanol–water partition coefficient (Wildman–Crippen LogP) is 17.5. The first-order valence-corrected chi connectivity index (χ1v) is 26.7. The lowest BCUT2D eigenvalue weighted by molar-refractivity contribution is -0.167. The molecule has 0 fully saturated rings. The van der Waals surface area contributed by atoms with Crippen LogP contribution < -0.4 is 0 Å². The number of allylic oxidation sites excluding steroid dienone is 8. The maximum atomic E-state index is 12.8. The summed E-state index contributed by atoms with van der Waals surface area (Å²) in [5, 5.41) is 0. The first kappa shape index (κ1) is 59.4. The molecule has 0 amide bonds. The second-order valence-corrected chi connectivity index (χ2v) is 17.8. The lowest BCUT2D eigenvalue weighted by atomic mass is 10.0. The minimum atomic E-state index is -0.781. The molecule has 62 heavy (non-hydrogen) atoms. The van der Waals surface area contributed by atoms with E-state index in [1.807, 2.05) is 0 Å². The third-order valence-corrected chi connectivity index (χ3v) is 11.6. The van der Waals surface area contributed by atoms with Crippen molar-refractivity contribution in [3.05, 3.63) is 48.6 Å². The van der Waals surface area contributed by atoms with Crippen molar-refractivity contribution < 1.29 is 28.6 Å². The van der Waals surface area contributed by atoms with Crippen molar-refractivity contribution in [3.63, 3.8) is 0 Å². The third-order valence-electron chi connectivity index (χ3n) is 11.6. The lowest BCUT2D eigenvalue weighted by Gasteiger charge is -2.18. The molecule has 0 aliphatic heterocycles. The first-order valence-electron chi connectivity index (χ1n) is 26.7. The molecule has 360 valence electrons. The highest BCUT2D eigenvalue weighted by Gasteiger charge is 2.19. The van der Waals surface area contributed by atoms with Crippen LogP contribution >= 0.6 is 0 Å². The van der Waals surface area contributed by atoms with Gasteiger partial charge in [-0.3, -0.25) is 14.4 Å². The van der Waals surface area contributed by atoms with E-state index in [9.17, 15) is 14.4 Å². The number of unbranched alkanes of at least 4 members (excludes halogenated alkanes) is 31. The summed E-state index contributed by atoms with van der Waals surface area (Å²) in [6, 6.07) is 0. The van der Waals surface area contributed by atoms with Crippen LogP contribution in [-0.4, -0.2) is 37.2 Å². The van der Waals surface area contributed by atoms with E-state index in [1.165, 1.54) is 148 Å². The number of ether oxygens (including phenoxy) is 3. The molecule has 0 saturated carbocycles. The zero-order valence-corrected chi connectivity index (χ0v) is 41.1. The van der Waals surface area contributed by atoms with Gasteiger partial charge < -0.3 is 14.2 Å². The van der Waals surface area contributed by atoms with Crippen LogP contribution in [0.25, 0.3) is 0 Å². The Morgan fingerprint density at radius 1 is 0.339 bits per heavy atom. The maximum absolute atomic E-state index is 12.8. The van der Waals surface area contributed by atoms with Crippen molar-refractivity contribution >= 4 is 17.9 Å². The van der Waals surface area contributed by atoms with E-state index in [0.29, 0.717) is 19.3 Å². The summed E-state index contributed by atoms with van der Waals surface area (Å²) in [5.74, 6) is -0.898. The third kappa shape index (κ3) is 48.4. The summed E-state index contributed by atoms with van der Waals surface area (Å²) < 4.78 is 16.8. The van der Waals surface area contributed by atoms with Gasteiger partial charge in [0.1, 0.15) is 13.2 Å². The van der Waals surface area contributed by atoms with Gasteiger partial charge in [0.05, 0.1) is 0 Å². The van der Waals surface area contributed by atoms with E-state index in [4.69, 9.17) is 14.2 Å². The van der Waals surface area contributed by atoms with Crippen LogP contribution in [0.15, 0.2) is 48.6 Å². The second kappa shape index (κ2) is 51.0. The summed E-state index contributed by atoms with van der Waals surface area (Å²) in [6.45, 7) is 6.50. The minimum Gasteiger partial charge on any atom is -0.462 e. The van der Waals surface area contributed by atoms with Gasteiger partial charge in [-0.15, -0.1) is 0 Å². The zero-order chi connectivity index (χ0) is 45.1. The second-order valence-electron chi connectivity index (χ2n) is 17.8. The largest absolute Gasteiger partial charge is 0.462 e. The smallest absolute Gasteiger partial charge is 0.306 e. The summed E-state index contributed by atoms with van der Waals surface area (Å²) in [5.41, 5.74) is 0. The summed E-state index contributed by atoms with van der Waals surface area (Å²) in [7, 11) is 0. The number of carbonyl (C=O) groups excluding carboxylic acids is 3. The molecule has 1 atom stereocenters. The minimum absolute atomic E-state index is 0.0818. The van der Waals surface area contributed by atoms with Crippen LogP contribution in [0.2, 0.25) is 0 Å². The Bertz CT molecular complexity index is 1090. The maximum Gasteiger partial charge on any atom is 0.306 e. The van der Waals surface area contributed by atoms with Crippen LogP contribution in [0.1, 0.15) is 271 Å². The Labute approximate surface area is 384 Å². The van der Waals surface area contributed by atoms with Gasteiger partial charge in [-0.2, -0.15) is 0 Å². The normalized spacial score (nSPS) is 12.4. The number of hydrogen-bond donors (Lipinski definition) is 0. The lowest BCUT2D eigenvalue weighted by Crippen LogP contribution is -2.30. The van der Waals surface area contributed by atoms with Gasteiger partial charge in [0.15, 0.2) is 6.10 Å². The van der Waals surface area contributed by atoms with Crippen molar-refractivity contribution in [1.82, 2.24) is 0 Å². The Hall–Kier alpha value is -2.63. The van der Waals surface area contributed by atoms with Crippen molar-refractivity contribution in [3.8, 4) is 0 Å². The fourth-order valence-corrected chi connectivity index (χ4v) is 7.61. The van der Waals surface area contributed by atoms with E-state index < -0.39 is 6.10 Å². The molecule has 6 heteroatoms.